The van der Waals surface area contributed by atoms with Gasteiger partial charge in [0.15, 0.2) is 0 Å². The zero-order valence-corrected chi connectivity index (χ0v) is 13.8. The summed E-state index contributed by atoms with van der Waals surface area (Å²) in [6.45, 7) is 3.41. The van der Waals surface area contributed by atoms with Crippen molar-refractivity contribution in [3.63, 3.8) is 0 Å². The molecule has 0 aromatic heterocycles. The van der Waals surface area contributed by atoms with Gasteiger partial charge in [-0.25, -0.2) is 4.39 Å². The highest BCUT2D eigenvalue weighted by Crippen LogP contribution is 2.14. The lowest BCUT2D eigenvalue weighted by Crippen LogP contribution is -2.39. The van der Waals surface area contributed by atoms with Crippen LogP contribution in [0.1, 0.15) is 36.0 Å². The second-order valence-corrected chi connectivity index (χ2v) is 6.53. The van der Waals surface area contributed by atoms with Crippen LogP contribution < -0.4 is 5.32 Å². The summed E-state index contributed by atoms with van der Waals surface area (Å²) in [6, 6.07) is 5.93. The molecule has 2 heterocycles. The predicted molar refractivity (Wildman–Crippen MR) is 89.1 cm³/mol. The maximum absolute atomic E-state index is 13.0. The molecule has 130 valence electrons. The highest BCUT2D eigenvalue weighted by atomic mass is 19.1. The first kappa shape index (κ1) is 16.9. The van der Waals surface area contributed by atoms with Crippen molar-refractivity contribution in [1.29, 1.82) is 0 Å². The lowest BCUT2D eigenvalue weighted by Gasteiger charge is -2.23. The molecule has 1 atom stereocenters. The van der Waals surface area contributed by atoms with Gasteiger partial charge >= 0.3 is 0 Å². The summed E-state index contributed by atoms with van der Waals surface area (Å²) in [5.41, 5.74) is 0.492. The van der Waals surface area contributed by atoms with E-state index in [2.05, 4.69) is 5.32 Å². The van der Waals surface area contributed by atoms with E-state index < -0.39 is 0 Å². The number of carbonyl (C=O) groups excluding carboxylic acids is 2. The van der Waals surface area contributed by atoms with Crippen LogP contribution in [0.4, 0.5) is 4.39 Å². The Bertz CT molecular complexity index is 584. The van der Waals surface area contributed by atoms with Gasteiger partial charge in [-0.15, -0.1) is 0 Å². The molecule has 3 rings (SSSR count). The molecule has 0 spiro atoms. The standard InChI is InChI=1S/C18H24FN3O2/c19-15-6-4-14(5-7-15)18(24)22-10-2-9-21(11-12-22)17(23)13-16-3-1-8-20-16/h4-7,16,20H,1-3,8-13H2. The third-order valence-electron chi connectivity index (χ3n) is 4.81. The Balaban J connectivity index is 1.55. The Labute approximate surface area is 141 Å². The number of hydrogen-bond donors (Lipinski definition) is 1. The third-order valence-corrected chi connectivity index (χ3v) is 4.81. The van der Waals surface area contributed by atoms with Crippen LogP contribution in [0, 0.1) is 5.82 Å². The predicted octanol–water partition coefficient (Wildman–Crippen LogP) is 1.64. The van der Waals surface area contributed by atoms with Crippen LogP contribution >= 0.6 is 0 Å². The molecule has 24 heavy (non-hydrogen) atoms. The first-order valence-electron chi connectivity index (χ1n) is 8.69. The molecule has 0 aliphatic carbocycles. The van der Waals surface area contributed by atoms with Crippen molar-refractivity contribution in [1.82, 2.24) is 15.1 Å². The number of carbonyl (C=O) groups is 2. The summed E-state index contributed by atoms with van der Waals surface area (Å²) in [5.74, 6) is -0.271. The summed E-state index contributed by atoms with van der Waals surface area (Å²) in [7, 11) is 0. The van der Waals surface area contributed by atoms with Crippen LogP contribution in [0.25, 0.3) is 0 Å². The molecule has 2 aliphatic rings. The Morgan fingerprint density at radius 2 is 1.75 bits per heavy atom. The average molecular weight is 333 g/mol. The second-order valence-electron chi connectivity index (χ2n) is 6.53. The second kappa shape index (κ2) is 7.75. The number of halogens is 1. The fourth-order valence-corrected chi connectivity index (χ4v) is 3.42. The normalized spacial score (nSPS) is 21.6. The van der Waals surface area contributed by atoms with E-state index in [1.807, 2.05) is 4.90 Å². The number of amides is 2. The van der Waals surface area contributed by atoms with Crippen molar-refractivity contribution in [3.05, 3.63) is 35.6 Å². The Morgan fingerprint density at radius 1 is 1.04 bits per heavy atom. The maximum atomic E-state index is 13.0. The summed E-state index contributed by atoms with van der Waals surface area (Å²) in [6.07, 6.45) is 3.52. The van der Waals surface area contributed by atoms with E-state index in [9.17, 15) is 14.0 Å². The number of rotatable bonds is 3. The highest BCUT2D eigenvalue weighted by molar-refractivity contribution is 5.94. The van der Waals surface area contributed by atoms with Crippen LogP contribution in [0.15, 0.2) is 24.3 Å². The first-order valence-corrected chi connectivity index (χ1v) is 8.69. The highest BCUT2D eigenvalue weighted by Gasteiger charge is 2.25. The van der Waals surface area contributed by atoms with Crippen molar-refractivity contribution < 1.29 is 14.0 Å². The smallest absolute Gasteiger partial charge is 0.253 e. The van der Waals surface area contributed by atoms with Crippen molar-refractivity contribution in [2.75, 3.05) is 32.7 Å². The van der Waals surface area contributed by atoms with Gasteiger partial charge in [0, 0.05) is 44.2 Å². The van der Waals surface area contributed by atoms with E-state index in [-0.39, 0.29) is 17.6 Å². The molecule has 1 aromatic carbocycles. The maximum Gasteiger partial charge on any atom is 0.253 e. The van der Waals surface area contributed by atoms with Gasteiger partial charge in [0.05, 0.1) is 0 Å². The molecule has 1 aromatic rings. The van der Waals surface area contributed by atoms with Crippen molar-refractivity contribution in [3.8, 4) is 0 Å². The molecule has 2 amide bonds. The quantitative estimate of drug-likeness (QED) is 0.915. The van der Waals surface area contributed by atoms with E-state index in [1.165, 1.54) is 24.3 Å². The fourth-order valence-electron chi connectivity index (χ4n) is 3.42. The van der Waals surface area contributed by atoms with Gasteiger partial charge in [0.1, 0.15) is 5.82 Å². The Kier molecular flexibility index (Phi) is 5.45. The van der Waals surface area contributed by atoms with E-state index in [1.54, 1.807) is 4.90 Å². The van der Waals surface area contributed by atoms with Crippen LogP contribution in [0.2, 0.25) is 0 Å². The van der Waals surface area contributed by atoms with Gasteiger partial charge in [-0.3, -0.25) is 9.59 Å². The summed E-state index contributed by atoms with van der Waals surface area (Å²) in [4.78, 5) is 28.6. The molecular formula is C18H24FN3O2. The minimum atomic E-state index is -0.347. The molecular weight excluding hydrogens is 309 g/mol. The van der Waals surface area contributed by atoms with Gasteiger partial charge in [-0.05, 0) is 50.1 Å². The van der Waals surface area contributed by atoms with Gasteiger partial charge in [-0.1, -0.05) is 0 Å². The summed E-state index contributed by atoms with van der Waals surface area (Å²) < 4.78 is 13.0. The minimum Gasteiger partial charge on any atom is -0.341 e. The molecule has 0 radical (unpaired) electrons. The molecule has 2 saturated heterocycles. The number of hydrogen-bond acceptors (Lipinski definition) is 3. The summed E-state index contributed by atoms with van der Waals surface area (Å²) in [5, 5.41) is 3.35. The monoisotopic (exact) mass is 333 g/mol. The number of nitrogens with one attached hydrogen (secondary N) is 1. The van der Waals surface area contributed by atoms with Gasteiger partial charge in [0.2, 0.25) is 5.91 Å². The van der Waals surface area contributed by atoms with Crippen molar-refractivity contribution in [2.45, 2.75) is 31.7 Å². The van der Waals surface area contributed by atoms with Crippen LogP contribution in [-0.4, -0.2) is 60.4 Å². The van der Waals surface area contributed by atoms with Gasteiger partial charge in [-0.2, -0.15) is 0 Å². The van der Waals surface area contributed by atoms with Crippen LogP contribution in [0.5, 0.6) is 0 Å². The first-order chi connectivity index (χ1) is 11.6. The molecule has 0 saturated carbocycles. The topological polar surface area (TPSA) is 52.7 Å². The molecule has 0 bridgehead atoms. The molecule has 1 unspecified atom stereocenters. The number of nitrogens with zero attached hydrogens (tertiary/aromatic N) is 2. The zero-order valence-electron chi connectivity index (χ0n) is 13.8. The third kappa shape index (κ3) is 4.12. The lowest BCUT2D eigenvalue weighted by atomic mass is 10.1. The zero-order chi connectivity index (χ0) is 16.9. The largest absolute Gasteiger partial charge is 0.341 e. The van der Waals surface area contributed by atoms with Crippen molar-refractivity contribution >= 4 is 11.8 Å². The lowest BCUT2D eigenvalue weighted by molar-refractivity contribution is -0.131. The van der Waals surface area contributed by atoms with Gasteiger partial charge in [0.25, 0.3) is 5.91 Å². The number of benzene rings is 1. The van der Waals surface area contributed by atoms with Crippen molar-refractivity contribution in [2.24, 2.45) is 0 Å². The van der Waals surface area contributed by atoms with E-state index in [0.717, 1.165) is 25.8 Å². The SMILES string of the molecule is O=C(CC1CCCN1)N1CCCN(C(=O)c2ccc(F)cc2)CC1. The Hall–Kier alpha value is -1.95. The fraction of sp³-hybridized carbons (Fsp3) is 0.556. The molecule has 5 nitrogen and oxygen atoms in total. The van der Waals surface area contributed by atoms with E-state index >= 15 is 0 Å². The molecule has 1 N–H and O–H groups in total. The van der Waals surface area contributed by atoms with E-state index in [0.29, 0.717) is 44.2 Å². The summed E-state index contributed by atoms with van der Waals surface area (Å²) >= 11 is 0. The molecule has 2 fully saturated rings. The molecule has 6 heteroatoms. The average Bonchev–Trinajstić information content (AvgIpc) is 2.96. The van der Waals surface area contributed by atoms with Crippen LogP contribution in [0.3, 0.4) is 0 Å². The van der Waals surface area contributed by atoms with E-state index in [4.69, 9.17) is 0 Å². The van der Waals surface area contributed by atoms with Crippen LogP contribution in [-0.2, 0) is 4.79 Å². The molecule has 2 aliphatic heterocycles. The Morgan fingerprint density at radius 3 is 2.46 bits per heavy atom. The van der Waals surface area contributed by atoms with Gasteiger partial charge < -0.3 is 15.1 Å². The minimum absolute atomic E-state index is 0.0956.